The van der Waals surface area contributed by atoms with Crippen molar-refractivity contribution < 1.29 is 9.59 Å². The van der Waals surface area contributed by atoms with Crippen LogP contribution in [0.1, 0.15) is 32.0 Å². The minimum absolute atomic E-state index is 0.0676. The van der Waals surface area contributed by atoms with E-state index in [9.17, 15) is 14.4 Å². The first-order chi connectivity index (χ1) is 8.88. The number of likely N-dealkylation sites (N-methyl/N-ethyl adjacent to an activating group) is 1. The van der Waals surface area contributed by atoms with Crippen LogP contribution in [0, 0.1) is 0 Å². The van der Waals surface area contributed by atoms with Crippen molar-refractivity contribution >= 4 is 17.6 Å². The van der Waals surface area contributed by atoms with Gasteiger partial charge in [0.15, 0.2) is 0 Å². The van der Waals surface area contributed by atoms with Crippen LogP contribution in [0.15, 0.2) is 10.9 Å². The van der Waals surface area contributed by atoms with Gasteiger partial charge in [0.2, 0.25) is 5.91 Å². The number of likely N-dealkylation sites (tertiary alicyclic amines) is 1. The van der Waals surface area contributed by atoms with Crippen LogP contribution in [0.4, 0.5) is 5.82 Å². The third kappa shape index (κ3) is 2.64. The lowest BCUT2D eigenvalue weighted by atomic mass is 10.2. The van der Waals surface area contributed by atoms with E-state index < -0.39 is 6.04 Å². The Kier molecular flexibility index (Phi) is 3.37. The van der Waals surface area contributed by atoms with Crippen molar-refractivity contribution in [2.45, 2.75) is 32.2 Å². The highest BCUT2D eigenvalue weighted by Crippen LogP contribution is 2.16. The summed E-state index contributed by atoms with van der Waals surface area (Å²) in [5, 5.41) is 2.84. The molecule has 7 heteroatoms. The average Bonchev–Trinajstić information content (AvgIpc) is 2.56. The molecular formula is C12H16N4O3. The topological polar surface area (TPSA) is 95.2 Å². The van der Waals surface area contributed by atoms with E-state index in [1.807, 2.05) is 13.8 Å². The molecule has 0 bridgehead atoms. The summed E-state index contributed by atoms with van der Waals surface area (Å²) < 4.78 is 0. The molecule has 1 unspecified atom stereocenters. The number of anilines is 1. The molecule has 0 saturated carbocycles. The van der Waals surface area contributed by atoms with E-state index in [-0.39, 0.29) is 29.7 Å². The molecule has 1 aromatic rings. The smallest absolute Gasteiger partial charge is 0.252 e. The quantitative estimate of drug-likeness (QED) is 0.753. The summed E-state index contributed by atoms with van der Waals surface area (Å²) in [6.07, 6.45) is 0.0842. The lowest BCUT2D eigenvalue weighted by molar-refractivity contribution is -0.136. The maximum absolute atomic E-state index is 11.8. The van der Waals surface area contributed by atoms with Crippen molar-refractivity contribution in [3.63, 3.8) is 0 Å². The zero-order chi connectivity index (χ0) is 14.2. The Morgan fingerprint density at radius 3 is 2.63 bits per heavy atom. The Balaban J connectivity index is 2.23. The second-order valence-corrected chi connectivity index (χ2v) is 4.86. The monoisotopic (exact) mass is 264 g/mol. The van der Waals surface area contributed by atoms with Crippen LogP contribution in [-0.4, -0.2) is 39.8 Å². The zero-order valence-corrected chi connectivity index (χ0v) is 11.1. The third-order valence-electron chi connectivity index (χ3n) is 3.01. The molecule has 0 radical (unpaired) electrons. The summed E-state index contributed by atoms with van der Waals surface area (Å²) in [5.74, 6) is 0.377. The van der Waals surface area contributed by atoms with Gasteiger partial charge in [0, 0.05) is 19.0 Å². The van der Waals surface area contributed by atoms with Gasteiger partial charge in [0.25, 0.3) is 11.5 Å². The molecule has 2 heterocycles. The van der Waals surface area contributed by atoms with Crippen molar-refractivity contribution in [3.05, 3.63) is 22.2 Å². The molecule has 0 spiro atoms. The number of hydrogen-bond donors (Lipinski definition) is 2. The van der Waals surface area contributed by atoms with Gasteiger partial charge in [-0.05, 0) is 0 Å². The van der Waals surface area contributed by atoms with E-state index >= 15 is 0 Å². The van der Waals surface area contributed by atoms with Crippen LogP contribution in [0.2, 0.25) is 0 Å². The molecule has 7 nitrogen and oxygen atoms in total. The molecule has 19 heavy (non-hydrogen) atoms. The standard InChI is InChI=1S/C12H16N4O3/c1-6(2)11-14-8(5-9(17)15-11)13-7-4-10(18)16(3)12(7)19/h5-7H,4H2,1-3H3,(H2,13,14,15,17). The SMILES string of the molecule is CC(C)c1nc(NC2CC(=O)N(C)C2=O)cc(=O)[nH]1. The number of nitrogens with one attached hydrogen (secondary N) is 2. The Labute approximate surface area is 110 Å². The number of carbonyl (C=O) groups is 2. The molecule has 2 amide bonds. The van der Waals surface area contributed by atoms with Crippen molar-refractivity contribution in [1.29, 1.82) is 0 Å². The van der Waals surface area contributed by atoms with Gasteiger partial charge in [-0.25, -0.2) is 4.98 Å². The Bertz CT molecular complexity index is 579. The largest absolute Gasteiger partial charge is 0.358 e. The summed E-state index contributed by atoms with van der Waals surface area (Å²) in [6.45, 7) is 3.81. The summed E-state index contributed by atoms with van der Waals surface area (Å²) >= 11 is 0. The first-order valence-corrected chi connectivity index (χ1v) is 6.06. The van der Waals surface area contributed by atoms with Crippen LogP contribution < -0.4 is 10.9 Å². The Morgan fingerprint density at radius 1 is 1.42 bits per heavy atom. The summed E-state index contributed by atoms with van der Waals surface area (Å²) in [7, 11) is 1.44. The number of H-pyrrole nitrogens is 1. The molecule has 1 atom stereocenters. The highest BCUT2D eigenvalue weighted by molar-refractivity contribution is 6.06. The minimum atomic E-state index is -0.646. The van der Waals surface area contributed by atoms with Crippen LogP contribution in [-0.2, 0) is 9.59 Å². The number of imide groups is 1. The van der Waals surface area contributed by atoms with E-state index in [1.54, 1.807) is 0 Å². The van der Waals surface area contributed by atoms with Gasteiger partial charge in [0.05, 0.1) is 6.42 Å². The highest BCUT2D eigenvalue weighted by Gasteiger charge is 2.36. The summed E-state index contributed by atoms with van der Waals surface area (Å²) in [5.41, 5.74) is -0.286. The van der Waals surface area contributed by atoms with Crippen LogP contribution in [0.25, 0.3) is 0 Å². The highest BCUT2D eigenvalue weighted by atomic mass is 16.2. The maximum Gasteiger partial charge on any atom is 0.252 e. The predicted octanol–water partition coefficient (Wildman–Crippen LogP) is 0.0625. The molecule has 102 valence electrons. The fraction of sp³-hybridized carbons (Fsp3) is 0.500. The van der Waals surface area contributed by atoms with Gasteiger partial charge in [-0.2, -0.15) is 0 Å². The van der Waals surface area contributed by atoms with Crippen molar-refractivity contribution in [2.24, 2.45) is 0 Å². The fourth-order valence-electron chi connectivity index (χ4n) is 1.87. The number of hydrogen-bond acceptors (Lipinski definition) is 5. The lowest BCUT2D eigenvalue weighted by Gasteiger charge is -2.13. The van der Waals surface area contributed by atoms with Crippen molar-refractivity contribution in [1.82, 2.24) is 14.9 Å². The van der Waals surface area contributed by atoms with Gasteiger partial charge in [-0.1, -0.05) is 13.8 Å². The first kappa shape index (κ1) is 13.3. The molecule has 1 aromatic heterocycles. The van der Waals surface area contributed by atoms with Gasteiger partial charge in [-0.3, -0.25) is 19.3 Å². The molecule has 1 aliphatic rings. The number of rotatable bonds is 3. The number of aromatic amines is 1. The number of aromatic nitrogens is 2. The number of amides is 2. The van der Waals surface area contributed by atoms with Gasteiger partial charge in [0.1, 0.15) is 17.7 Å². The molecule has 1 aliphatic heterocycles. The fourth-order valence-corrected chi connectivity index (χ4v) is 1.87. The van der Waals surface area contributed by atoms with Crippen LogP contribution >= 0.6 is 0 Å². The number of carbonyl (C=O) groups excluding carboxylic acids is 2. The second-order valence-electron chi connectivity index (χ2n) is 4.86. The van der Waals surface area contributed by atoms with Crippen LogP contribution in [0.3, 0.4) is 0 Å². The molecular weight excluding hydrogens is 248 g/mol. The summed E-state index contributed by atoms with van der Waals surface area (Å²) in [4.78, 5) is 42.6. The molecule has 1 saturated heterocycles. The molecule has 0 aliphatic carbocycles. The van der Waals surface area contributed by atoms with E-state index in [1.165, 1.54) is 13.1 Å². The van der Waals surface area contributed by atoms with E-state index in [2.05, 4.69) is 15.3 Å². The summed E-state index contributed by atoms with van der Waals surface area (Å²) in [6, 6.07) is 0.633. The molecule has 2 rings (SSSR count). The first-order valence-electron chi connectivity index (χ1n) is 6.06. The Hall–Kier alpha value is -2.18. The van der Waals surface area contributed by atoms with Gasteiger partial charge < -0.3 is 10.3 Å². The van der Waals surface area contributed by atoms with Crippen LogP contribution in [0.5, 0.6) is 0 Å². The minimum Gasteiger partial charge on any atom is -0.358 e. The average molecular weight is 264 g/mol. The van der Waals surface area contributed by atoms with Crippen molar-refractivity contribution in [2.75, 3.05) is 12.4 Å². The number of nitrogens with zero attached hydrogens (tertiary/aromatic N) is 2. The molecule has 2 N–H and O–H groups in total. The molecule has 1 fully saturated rings. The predicted molar refractivity (Wildman–Crippen MR) is 68.8 cm³/mol. The van der Waals surface area contributed by atoms with Gasteiger partial charge >= 0.3 is 0 Å². The normalized spacial score (nSPS) is 19.4. The van der Waals surface area contributed by atoms with Gasteiger partial charge in [-0.15, -0.1) is 0 Å². The zero-order valence-electron chi connectivity index (χ0n) is 11.1. The second kappa shape index (κ2) is 4.83. The third-order valence-corrected chi connectivity index (χ3v) is 3.01. The van der Waals surface area contributed by atoms with E-state index in [4.69, 9.17) is 0 Å². The maximum atomic E-state index is 11.8. The van der Waals surface area contributed by atoms with E-state index in [0.29, 0.717) is 11.6 Å². The molecule has 0 aromatic carbocycles. The van der Waals surface area contributed by atoms with E-state index in [0.717, 1.165) is 4.90 Å². The van der Waals surface area contributed by atoms with Crippen molar-refractivity contribution in [3.8, 4) is 0 Å². The lowest BCUT2D eigenvalue weighted by Crippen LogP contribution is -2.32. The Morgan fingerprint density at radius 2 is 2.11 bits per heavy atom.